The Balaban J connectivity index is 2.87. The van der Waals surface area contributed by atoms with Gasteiger partial charge in [0, 0.05) is 38.1 Å². The summed E-state index contributed by atoms with van der Waals surface area (Å²) in [6, 6.07) is 3.82. The molecule has 0 fully saturated rings. The van der Waals surface area contributed by atoms with Crippen LogP contribution in [0.4, 0.5) is 5.69 Å². The second kappa shape index (κ2) is 3.85. The van der Waals surface area contributed by atoms with Crippen molar-refractivity contribution >= 4 is 12.0 Å². The van der Waals surface area contributed by atoms with Gasteiger partial charge in [0.05, 0.1) is 0 Å². The Morgan fingerprint density at radius 3 is 2.92 bits per heavy atom. The van der Waals surface area contributed by atoms with Crippen molar-refractivity contribution in [1.29, 1.82) is 0 Å². The van der Waals surface area contributed by atoms with Gasteiger partial charge < -0.3 is 9.69 Å². The standard InChI is InChI=1S/C9H12N2O/c1-11(2)9-3-5-10-8(7-9)4-6-12/h3,5-7H,4H2,1-2H3. The first-order valence-corrected chi connectivity index (χ1v) is 3.80. The summed E-state index contributed by atoms with van der Waals surface area (Å²) in [6.07, 6.45) is 2.97. The maximum atomic E-state index is 10.2. The third-order valence-electron chi connectivity index (χ3n) is 1.61. The van der Waals surface area contributed by atoms with E-state index in [-0.39, 0.29) is 0 Å². The van der Waals surface area contributed by atoms with Crippen LogP contribution in [0.2, 0.25) is 0 Å². The molecule has 1 aromatic heterocycles. The Morgan fingerprint density at radius 2 is 2.33 bits per heavy atom. The van der Waals surface area contributed by atoms with Gasteiger partial charge in [-0.2, -0.15) is 0 Å². The SMILES string of the molecule is CN(C)c1ccnc(CC=O)c1. The maximum Gasteiger partial charge on any atom is 0.125 e. The minimum Gasteiger partial charge on any atom is -0.378 e. The zero-order valence-corrected chi connectivity index (χ0v) is 7.32. The minimum absolute atomic E-state index is 0.391. The monoisotopic (exact) mass is 164 g/mol. The van der Waals surface area contributed by atoms with Crippen molar-refractivity contribution in [3.05, 3.63) is 24.0 Å². The van der Waals surface area contributed by atoms with Crippen LogP contribution < -0.4 is 4.90 Å². The summed E-state index contributed by atoms with van der Waals surface area (Å²) in [5, 5.41) is 0. The number of rotatable bonds is 3. The van der Waals surface area contributed by atoms with E-state index in [0.717, 1.165) is 17.7 Å². The fraction of sp³-hybridized carbons (Fsp3) is 0.333. The molecule has 64 valence electrons. The van der Waals surface area contributed by atoms with Gasteiger partial charge in [-0.05, 0) is 12.1 Å². The number of aromatic nitrogens is 1. The molecule has 0 saturated carbocycles. The van der Waals surface area contributed by atoms with Crippen molar-refractivity contribution in [2.75, 3.05) is 19.0 Å². The lowest BCUT2D eigenvalue weighted by atomic mass is 10.2. The number of aldehydes is 1. The summed E-state index contributed by atoms with van der Waals surface area (Å²) in [4.78, 5) is 16.2. The Kier molecular flexibility index (Phi) is 2.80. The van der Waals surface area contributed by atoms with Gasteiger partial charge in [-0.25, -0.2) is 0 Å². The molecule has 0 radical (unpaired) electrons. The van der Waals surface area contributed by atoms with Crippen molar-refractivity contribution in [2.24, 2.45) is 0 Å². The summed E-state index contributed by atoms with van der Waals surface area (Å²) in [6.45, 7) is 0. The summed E-state index contributed by atoms with van der Waals surface area (Å²) in [5.41, 5.74) is 1.89. The average Bonchev–Trinajstić information content (AvgIpc) is 2.05. The van der Waals surface area contributed by atoms with Crippen LogP contribution in [0.15, 0.2) is 18.3 Å². The Labute approximate surface area is 72.0 Å². The van der Waals surface area contributed by atoms with Crippen LogP contribution in [0.3, 0.4) is 0 Å². The zero-order valence-electron chi connectivity index (χ0n) is 7.32. The van der Waals surface area contributed by atoms with Gasteiger partial charge in [-0.15, -0.1) is 0 Å². The van der Waals surface area contributed by atoms with Crippen LogP contribution >= 0.6 is 0 Å². The lowest BCUT2D eigenvalue weighted by molar-refractivity contribution is -0.107. The summed E-state index contributed by atoms with van der Waals surface area (Å²) in [7, 11) is 3.92. The third kappa shape index (κ3) is 2.05. The van der Waals surface area contributed by atoms with E-state index in [9.17, 15) is 4.79 Å². The van der Waals surface area contributed by atoms with Gasteiger partial charge >= 0.3 is 0 Å². The molecule has 0 aliphatic heterocycles. The first kappa shape index (κ1) is 8.71. The maximum absolute atomic E-state index is 10.2. The molecule has 3 nitrogen and oxygen atoms in total. The van der Waals surface area contributed by atoms with E-state index < -0.39 is 0 Å². The third-order valence-corrected chi connectivity index (χ3v) is 1.61. The van der Waals surface area contributed by atoms with Gasteiger partial charge in [0.25, 0.3) is 0 Å². The fourth-order valence-electron chi connectivity index (χ4n) is 0.941. The molecule has 0 atom stereocenters. The van der Waals surface area contributed by atoms with Crippen molar-refractivity contribution in [1.82, 2.24) is 4.98 Å². The molecule has 0 N–H and O–H groups in total. The number of pyridine rings is 1. The van der Waals surface area contributed by atoms with Crippen LogP contribution in [0.5, 0.6) is 0 Å². The first-order chi connectivity index (χ1) is 5.74. The van der Waals surface area contributed by atoms with E-state index in [0.29, 0.717) is 6.42 Å². The van der Waals surface area contributed by atoms with Gasteiger partial charge in [0.15, 0.2) is 0 Å². The quantitative estimate of drug-likeness (QED) is 0.622. The molecule has 1 heterocycles. The van der Waals surface area contributed by atoms with E-state index in [1.54, 1.807) is 6.20 Å². The molecule has 1 aromatic rings. The van der Waals surface area contributed by atoms with Crippen LogP contribution in [-0.4, -0.2) is 25.4 Å². The Bertz CT molecular complexity index is 271. The van der Waals surface area contributed by atoms with Crippen molar-refractivity contribution in [3.8, 4) is 0 Å². The average molecular weight is 164 g/mol. The Morgan fingerprint density at radius 1 is 1.58 bits per heavy atom. The lowest BCUT2D eigenvalue weighted by Crippen LogP contribution is -2.09. The molecule has 1 rings (SSSR count). The molecule has 0 saturated heterocycles. The molecule has 0 aliphatic rings. The second-order valence-corrected chi connectivity index (χ2v) is 2.77. The predicted octanol–water partition coefficient (Wildman–Crippen LogP) is 0.889. The lowest BCUT2D eigenvalue weighted by Gasteiger charge is -2.12. The number of nitrogens with zero attached hydrogens (tertiary/aromatic N) is 2. The highest BCUT2D eigenvalue weighted by Gasteiger charge is 1.97. The van der Waals surface area contributed by atoms with Crippen molar-refractivity contribution in [2.45, 2.75) is 6.42 Å². The molecular weight excluding hydrogens is 152 g/mol. The van der Waals surface area contributed by atoms with Crippen molar-refractivity contribution in [3.63, 3.8) is 0 Å². The van der Waals surface area contributed by atoms with E-state index in [1.807, 2.05) is 31.1 Å². The number of carbonyl (C=O) groups is 1. The van der Waals surface area contributed by atoms with Crippen LogP contribution in [-0.2, 0) is 11.2 Å². The van der Waals surface area contributed by atoms with E-state index in [2.05, 4.69) is 4.98 Å². The molecule has 0 bridgehead atoms. The molecule has 0 aliphatic carbocycles. The van der Waals surface area contributed by atoms with Gasteiger partial charge in [-0.3, -0.25) is 4.98 Å². The number of hydrogen-bond donors (Lipinski definition) is 0. The predicted molar refractivity (Wildman–Crippen MR) is 48.3 cm³/mol. The first-order valence-electron chi connectivity index (χ1n) is 3.80. The summed E-state index contributed by atoms with van der Waals surface area (Å²) in [5.74, 6) is 0. The number of carbonyl (C=O) groups excluding carboxylic acids is 1. The molecular formula is C9H12N2O. The van der Waals surface area contributed by atoms with Gasteiger partial charge in [0.2, 0.25) is 0 Å². The molecule has 0 spiro atoms. The molecule has 0 unspecified atom stereocenters. The minimum atomic E-state index is 0.391. The van der Waals surface area contributed by atoms with Gasteiger partial charge in [0.1, 0.15) is 6.29 Å². The highest BCUT2D eigenvalue weighted by Crippen LogP contribution is 2.10. The topological polar surface area (TPSA) is 33.2 Å². The van der Waals surface area contributed by atoms with Crippen LogP contribution in [0, 0.1) is 0 Å². The fourth-order valence-corrected chi connectivity index (χ4v) is 0.941. The summed E-state index contributed by atoms with van der Waals surface area (Å²) < 4.78 is 0. The highest BCUT2D eigenvalue weighted by atomic mass is 16.1. The number of anilines is 1. The van der Waals surface area contributed by atoms with E-state index in [4.69, 9.17) is 0 Å². The Hall–Kier alpha value is -1.38. The second-order valence-electron chi connectivity index (χ2n) is 2.77. The highest BCUT2D eigenvalue weighted by molar-refractivity contribution is 5.55. The molecule has 0 aromatic carbocycles. The van der Waals surface area contributed by atoms with E-state index >= 15 is 0 Å². The van der Waals surface area contributed by atoms with Gasteiger partial charge in [-0.1, -0.05) is 0 Å². The van der Waals surface area contributed by atoms with Crippen LogP contribution in [0.1, 0.15) is 5.69 Å². The van der Waals surface area contributed by atoms with E-state index in [1.165, 1.54) is 0 Å². The smallest absolute Gasteiger partial charge is 0.125 e. The zero-order chi connectivity index (χ0) is 8.97. The summed E-state index contributed by atoms with van der Waals surface area (Å²) >= 11 is 0. The largest absolute Gasteiger partial charge is 0.378 e. The number of hydrogen-bond acceptors (Lipinski definition) is 3. The normalized spacial score (nSPS) is 9.50. The molecule has 12 heavy (non-hydrogen) atoms. The molecule has 0 amide bonds. The van der Waals surface area contributed by atoms with Crippen molar-refractivity contribution < 1.29 is 4.79 Å². The molecule has 3 heteroatoms. The van der Waals surface area contributed by atoms with Crippen LogP contribution in [0.25, 0.3) is 0 Å².